The van der Waals surface area contributed by atoms with Crippen molar-refractivity contribution in [3.05, 3.63) is 93.9 Å². The maximum atomic E-state index is 13.5. The van der Waals surface area contributed by atoms with E-state index in [1.165, 1.54) is 6.20 Å². The lowest BCUT2D eigenvalue weighted by Crippen LogP contribution is -2.23. The Morgan fingerprint density at radius 2 is 1.79 bits per heavy atom. The van der Waals surface area contributed by atoms with Gasteiger partial charge >= 0.3 is 0 Å². The average Bonchev–Trinajstić information content (AvgIpc) is 3.11. The van der Waals surface area contributed by atoms with Crippen molar-refractivity contribution in [1.82, 2.24) is 19.9 Å². The lowest BCUT2D eigenvalue weighted by atomic mass is 10.1. The molecule has 1 amide bonds. The van der Waals surface area contributed by atoms with Crippen LogP contribution in [0.2, 0.25) is 0 Å². The molecule has 2 aromatic carbocycles. The Kier molecular flexibility index (Phi) is 4.44. The number of nitrogens with one attached hydrogen (secondary N) is 2. The van der Waals surface area contributed by atoms with Crippen molar-refractivity contribution in [3.8, 4) is 11.3 Å². The van der Waals surface area contributed by atoms with Gasteiger partial charge in [0.15, 0.2) is 5.65 Å². The lowest BCUT2D eigenvalue weighted by Gasteiger charge is -2.05. The predicted octanol–water partition coefficient (Wildman–Crippen LogP) is 2.90. The van der Waals surface area contributed by atoms with Crippen LogP contribution in [0.15, 0.2) is 65.6 Å². The van der Waals surface area contributed by atoms with Crippen molar-refractivity contribution in [1.29, 1.82) is 0 Å². The van der Waals surface area contributed by atoms with Gasteiger partial charge in [0.25, 0.3) is 11.5 Å². The van der Waals surface area contributed by atoms with Crippen LogP contribution in [0.3, 0.4) is 0 Å². The molecule has 0 unspecified atom stereocenters. The molecular weight excluding hydrogens is 366 g/mol. The van der Waals surface area contributed by atoms with Crippen LogP contribution in [-0.2, 0) is 6.54 Å². The summed E-state index contributed by atoms with van der Waals surface area (Å²) in [6.07, 6.45) is 1.36. The van der Waals surface area contributed by atoms with Gasteiger partial charge in [-0.05, 0) is 17.7 Å². The number of rotatable bonds is 4. The first kappa shape index (κ1) is 17.6. The monoisotopic (exact) mass is 380 g/mol. The molecule has 0 spiro atoms. The second kappa shape index (κ2) is 7.07. The van der Waals surface area contributed by atoms with E-state index in [0.717, 1.165) is 34.3 Å². The molecule has 4 rings (SSSR count). The van der Waals surface area contributed by atoms with Gasteiger partial charge in [-0.15, -0.1) is 0 Å². The number of hydrogen-bond acceptors (Lipinski definition) is 3. The number of H-pyrrole nitrogens is 1. The van der Waals surface area contributed by atoms with E-state index >= 15 is 0 Å². The molecule has 0 aliphatic rings. The van der Waals surface area contributed by atoms with Crippen molar-refractivity contribution in [2.45, 2.75) is 6.54 Å². The minimum atomic E-state index is -0.785. The summed E-state index contributed by atoms with van der Waals surface area (Å²) >= 11 is 0. The fraction of sp³-hybridized carbons (Fsp3) is 0.0500. The van der Waals surface area contributed by atoms with E-state index in [-0.39, 0.29) is 22.5 Å². The van der Waals surface area contributed by atoms with Crippen molar-refractivity contribution in [3.63, 3.8) is 0 Å². The smallest absolute Gasteiger partial charge is 0.273 e. The summed E-state index contributed by atoms with van der Waals surface area (Å²) in [5.41, 5.74) is 0.794. The van der Waals surface area contributed by atoms with Gasteiger partial charge in [-0.25, -0.2) is 18.3 Å². The minimum Gasteiger partial charge on any atom is -0.348 e. The molecule has 6 nitrogen and oxygen atoms in total. The molecule has 0 saturated carbocycles. The van der Waals surface area contributed by atoms with Crippen molar-refractivity contribution >= 4 is 11.6 Å². The SMILES string of the molecule is O=C(NCc1ccccc1)c1c[nH]n2c(=O)cc(-c3cc(F)cc(F)c3)nc12. The third kappa shape index (κ3) is 3.39. The van der Waals surface area contributed by atoms with Gasteiger partial charge < -0.3 is 5.32 Å². The molecule has 0 bridgehead atoms. The van der Waals surface area contributed by atoms with E-state index < -0.39 is 23.1 Å². The van der Waals surface area contributed by atoms with Gasteiger partial charge in [0, 0.05) is 30.4 Å². The predicted molar refractivity (Wildman–Crippen MR) is 98.8 cm³/mol. The molecule has 28 heavy (non-hydrogen) atoms. The van der Waals surface area contributed by atoms with Gasteiger partial charge in [0.2, 0.25) is 0 Å². The number of carbonyl (C=O) groups is 1. The fourth-order valence-corrected chi connectivity index (χ4v) is 2.87. The largest absolute Gasteiger partial charge is 0.348 e. The molecule has 0 radical (unpaired) electrons. The topological polar surface area (TPSA) is 79.3 Å². The van der Waals surface area contributed by atoms with Gasteiger partial charge in [-0.2, -0.15) is 0 Å². The number of aromatic nitrogens is 3. The summed E-state index contributed by atoms with van der Waals surface area (Å²) in [4.78, 5) is 29.1. The molecule has 0 saturated heterocycles. The van der Waals surface area contributed by atoms with E-state index in [9.17, 15) is 18.4 Å². The summed E-state index contributed by atoms with van der Waals surface area (Å²) < 4.78 is 28.1. The van der Waals surface area contributed by atoms with Crippen LogP contribution >= 0.6 is 0 Å². The zero-order chi connectivity index (χ0) is 19.7. The summed E-state index contributed by atoms with van der Waals surface area (Å²) in [5.74, 6) is -2.00. The Bertz CT molecular complexity index is 1210. The zero-order valence-electron chi connectivity index (χ0n) is 14.4. The van der Waals surface area contributed by atoms with Crippen molar-refractivity contribution < 1.29 is 13.6 Å². The van der Waals surface area contributed by atoms with E-state index in [1.54, 1.807) is 0 Å². The number of carbonyl (C=O) groups excluding carboxylic acids is 1. The first-order valence-corrected chi connectivity index (χ1v) is 8.41. The molecule has 140 valence electrons. The van der Waals surface area contributed by atoms with E-state index in [0.29, 0.717) is 6.54 Å². The maximum absolute atomic E-state index is 13.5. The summed E-state index contributed by atoms with van der Waals surface area (Å²) in [5, 5.41) is 5.43. The van der Waals surface area contributed by atoms with Crippen LogP contribution in [0.1, 0.15) is 15.9 Å². The highest BCUT2D eigenvalue weighted by atomic mass is 19.1. The van der Waals surface area contributed by atoms with Gasteiger partial charge in [-0.1, -0.05) is 30.3 Å². The molecule has 2 aromatic heterocycles. The highest BCUT2D eigenvalue weighted by molar-refractivity contribution is 5.99. The zero-order valence-corrected chi connectivity index (χ0v) is 14.4. The second-order valence-corrected chi connectivity index (χ2v) is 6.15. The molecule has 0 aliphatic heterocycles. The summed E-state index contributed by atoms with van der Waals surface area (Å²) in [7, 11) is 0. The Morgan fingerprint density at radius 3 is 2.50 bits per heavy atom. The molecule has 2 heterocycles. The van der Waals surface area contributed by atoms with Crippen LogP contribution in [0, 0.1) is 11.6 Å². The molecule has 8 heteroatoms. The highest BCUT2D eigenvalue weighted by Gasteiger charge is 2.16. The Balaban J connectivity index is 1.71. The first-order chi connectivity index (χ1) is 13.5. The molecule has 2 N–H and O–H groups in total. The lowest BCUT2D eigenvalue weighted by molar-refractivity contribution is 0.0952. The highest BCUT2D eigenvalue weighted by Crippen LogP contribution is 2.20. The number of hydrogen-bond donors (Lipinski definition) is 2. The van der Waals surface area contributed by atoms with Crippen LogP contribution < -0.4 is 10.9 Å². The van der Waals surface area contributed by atoms with Gasteiger partial charge in [-0.3, -0.25) is 14.7 Å². The Labute approximate surface area is 157 Å². The number of halogens is 2. The number of aromatic amines is 1. The van der Waals surface area contributed by atoms with Gasteiger partial charge in [0.1, 0.15) is 17.2 Å². The normalized spacial score (nSPS) is 10.9. The standard InChI is InChI=1S/C20H14F2N4O2/c21-14-6-13(7-15(22)8-14)17-9-18(27)26-19(25-17)16(11-24-26)20(28)23-10-12-4-2-1-3-5-12/h1-9,11,24H,10H2,(H,23,28). The minimum absolute atomic E-state index is 0.0673. The molecular formula is C20H14F2N4O2. The number of amides is 1. The second-order valence-electron chi connectivity index (χ2n) is 6.15. The Hall–Kier alpha value is -3.81. The average molecular weight is 380 g/mol. The Morgan fingerprint density at radius 1 is 1.07 bits per heavy atom. The van der Waals surface area contributed by atoms with Crippen LogP contribution in [0.4, 0.5) is 8.78 Å². The van der Waals surface area contributed by atoms with Crippen molar-refractivity contribution in [2.24, 2.45) is 0 Å². The van der Waals surface area contributed by atoms with Crippen molar-refractivity contribution in [2.75, 3.05) is 0 Å². The first-order valence-electron chi connectivity index (χ1n) is 8.41. The summed E-state index contributed by atoms with van der Waals surface area (Å²) in [6, 6.07) is 13.3. The molecule has 0 fully saturated rings. The third-order valence-corrected chi connectivity index (χ3v) is 4.20. The fourth-order valence-electron chi connectivity index (χ4n) is 2.87. The molecule has 4 aromatic rings. The number of benzene rings is 2. The van der Waals surface area contributed by atoms with Crippen LogP contribution in [0.5, 0.6) is 0 Å². The maximum Gasteiger partial charge on any atom is 0.273 e. The summed E-state index contributed by atoms with van der Waals surface area (Å²) in [6.45, 7) is 0.302. The van der Waals surface area contributed by atoms with E-state index in [2.05, 4.69) is 15.4 Å². The van der Waals surface area contributed by atoms with E-state index in [1.807, 2.05) is 30.3 Å². The van der Waals surface area contributed by atoms with Crippen LogP contribution in [-0.4, -0.2) is 20.5 Å². The van der Waals surface area contributed by atoms with Gasteiger partial charge in [0.05, 0.1) is 5.69 Å². The van der Waals surface area contributed by atoms with Crippen LogP contribution in [0.25, 0.3) is 16.9 Å². The quantitative estimate of drug-likeness (QED) is 0.571. The molecule has 0 aliphatic carbocycles. The number of nitrogens with zero attached hydrogens (tertiary/aromatic N) is 2. The number of fused-ring (bicyclic) bond motifs is 1. The molecule has 0 atom stereocenters. The van der Waals surface area contributed by atoms with E-state index in [4.69, 9.17) is 0 Å². The third-order valence-electron chi connectivity index (χ3n) is 4.20.